The summed E-state index contributed by atoms with van der Waals surface area (Å²) in [5, 5.41) is 3.71. The molecule has 3 aromatic rings. The molecule has 0 saturated carbocycles. The van der Waals surface area contributed by atoms with E-state index in [1.54, 1.807) is 42.5 Å². The van der Waals surface area contributed by atoms with Gasteiger partial charge in [0.25, 0.3) is 0 Å². The molecule has 168 valence electrons. The van der Waals surface area contributed by atoms with Crippen LogP contribution < -0.4 is 10.1 Å². The van der Waals surface area contributed by atoms with Crippen molar-refractivity contribution in [1.29, 1.82) is 0 Å². The first-order valence-corrected chi connectivity index (χ1v) is 10.1. The maximum Gasteiger partial charge on any atom is 0.416 e. The van der Waals surface area contributed by atoms with Crippen LogP contribution in [0.2, 0.25) is 10.0 Å². The molecule has 0 aliphatic carbocycles. The van der Waals surface area contributed by atoms with E-state index in [4.69, 9.17) is 32.7 Å². The van der Waals surface area contributed by atoms with E-state index < -0.39 is 23.8 Å². The first-order valence-electron chi connectivity index (χ1n) is 9.36. The van der Waals surface area contributed by atoms with E-state index in [9.17, 15) is 18.0 Å². The highest BCUT2D eigenvalue weighted by Gasteiger charge is 2.30. The molecule has 32 heavy (non-hydrogen) atoms. The van der Waals surface area contributed by atoms with E-state index in [1.165, 1.54) is 19.2 Å². The fraction of sp³-hybridized carbons (Fsp3) is 0.174. The second-order valence-electron chi connectivity index (χ2n) is 6.75. The summed E-state index contributed by atoms with van der Waals surface area (Å²) in [6.45, 7) is 0.0887. The van der Waals surface area contributed by atoms with E-state index in [0.717, 1.165) is 12.1 Å². The Hall–Kier alpha value is -2.90. The molecule has 3 rings (SSSR count). The van der Waals surface area contributed by atoms with Gasteiger partial charge < -0.3 is 14.8 Å². The van der Waals surface area contributed by atoms with Gasteiger partial charge in [0.15, 0.2) is 6.04 Å². The SMILES string of the molecule is COC(=O)C(Nc1c(Cl)cccc1Cl)c1ccc(OCc2ccc(C(F)(F)F)cc2)cc1. The highest BCUT2D eigenvalue weighted by atomic mass is 35.5. The van der Waals surface area contributed by atoms with E-state index >= 15 is 0 Å². The van der Waals surface area contributed by atoms with Crippen molar-refractivity contribution in [2.45, 2.75) is 18.8 Å². The molecule has 1 atom stereocenters. The van der Waals surface area contributed by atoms with E-state index in [1.807, 2.05) is 0 Å². The number of hydrogen-bond acceptors (Lipinski definition) is 4. The molecule has 0 bridgehead atoms. The lowest BCUT2D eigenvalue weighted by Gasteiger charge is -2.20. The van der Waals surface area contributed by atoms with Gasteiger partial charge in [-0.2, -0.15) is 13.2 Å². The number of nitrogens with one attached hydrogen (secondary N) is 1. The van der Waals surface area contributed by atoms with Crippen molar-refractivity contribution in [1.82, 2.24) is 0 Å². The number of carbonyl (C=O) groups is 1. The fourth-order valence-electron chi connectivity index (χ4n) is 2.89. The van der Waals surface area contributed by atoms with Crippen LogP contribution in [0.4, 0.5) is 18.9 Å². The number of rotatable bonds is 7. The zero-order valence-corrected chi connectivity index (χ0v) is 18.3. The van der Waals surface area contributed by atoms with Crippen LogP contribution in [-0.2, 0) is 22.3 Å². The number of esters is 1. The first kappa shape index (κ1) is 23.8. The molecule has 1 N–H and O–H groups in total. The molecule has 9 heteroatoms. The third kappa shape index (κ3) is 5.87. The molecule has 0 heterocycles. The molecule has 0 spiro atoms. The van der Waals surface area contributed by atoms with Gasteiger partial charge in [-0.05, 0) is 47.5 Å². The smallest absolute Gasteiger partial charge is 0.416 e. The molecule has 3 aromatic carbocycles. The van der Waals surface area contributed by atoms with Crippen molar-refractivity contribution in [3.05, 3.63) is 93.5 Å². The monoisotopic (exact) mass is 483 g/mol. The minimum Gasteiger partial charge on any atom is -0.489 e. The number of ether oxygens (including phenoxy) is 2. The van der Waals surface area contributed by atoms with E-state index in [2.05, 4.69) is 5.32 Å². The average molecular weight is 484 g/mol. The van der Waals surface area contributed by atoms with Gasteiger partial charge in [-0.3, -0.25) is 0 Å². The maximum absolute atomic E-state index is 12.7. The normalized spacial score (nSPS) is 12.2. The first-order chi connectivity index (χ1) is 15.2. The second kappa shape index (κ2) is 10.1. The zero-order chi connectivity index (χ0) is 23.3. The van der Waals surface area contributed by atoms with Crippen LogP contribution in [0.5, 0.6) is 5.75 Å². The number of alkyl halides is 3. The van der Waals surface area contributed by atoms with Gasteiger partial charge in [0.1, 0.15) is 12.4 Å². The molecule has 0 fully saturated rings. The van der Waals surface area contributed by atoms with Crippen molar-refractivity contribution in [2.24, 2.45) is 0 Å². The molecule has 0 aliphatic heterocycles. The third-order valence-corrected chi connectivity index (χ3v) is 5.22. The van der Waals surface area contributed by atoms with Crippen molar-refractivity contribution < 1.29 is 27.4 Å². The molecule has 4 nitrogen and oxygen atoms in total. The summed E-state index contributed by atoms with van der Waals surface area (Å²) >= 11 is 12.4. The van der Waals surface area contributed by atoms with Crippen LogP contribution in [0.1, 0.15) is 22.7 Å². The molecule has 0 aliphatic rings. The summed E-state index contributed by atoms with van der Waals surface area (Å²) in [5.41, 5.74) is 0.846. The largest absolute Gasteiger partial charge is 0.489 e. The molecule has 0 radical (unpaired) electrons. The number of benzene rings is 3. The van der Waals surface area contributed by atoms with Gasteiger partial charge in [0.05, 0.1) is 28.4 Å². The Balaban J connectivity index is 1.71. The van der Waals surface area contributed by atoms with Crippen LogP contribution in [0, 0.1) is 0 Å². The summed E-state index contributed by atoms with van der Waals surface area (Å²) in [5.74, 6) is -0.0625. The van der Waals surface area contributed by atoms with Crippen molar-refractivity contribution in [3.63, 3.8) is 0 Å². The number of hydrogen-bond donors (Lipinski definition) is 1. The van der Waals surface area contributed by atoms with Gasteiger partial charge >= 0.3 is 12.1 Å². The Morgan fingerprint density at radius 2 is 1.56 bits per heavy atom. The van der Waals surface area contributed by atoms with Crippen molar-refractivity contribution in [3.8, 4) is 5.75 Å². The Kier molecular flexibility index (Phi) is 7.53. The fourth-order valence-corrected chi connectivity index (χ4v) is 3.40. The quantitative estimate of drug-likeness (QED) is 0.370. The van der Waals surface area contributed by atoms with Crippen molar-refractivity contribution in [2.75, 3.05) is 12.4 Å². The van der Waals surface area contributed by atoms with Crippen LogP contribution in [0.3, 0.4) is 0 Å². The number of methoxy groups -OCH3 is 1. The maximum atomic E-state index is 12.7. The number of carbonyl (C=O) groups excluding carboxylic acids is 1. The topological polar surface area (TPSA) is 47.6 Å². The Morgan fingerprint density at radius 3 is 2.09 bits per heavy atom. The van der Waals surface area contributed by atoms with Crippen LogP contribution >= 0.6 is 23.2 Å². The number of halogens is 5. The van der Waals surface area contributed by atoms with Gasteiger partial charge in [0, 0.05) is 0 Å². The van der Waals surface area contributed by atoms with E-state index in [-0.39, 0.29) is 6.61 Å². The highest BCUT2D eigenvalue weighted by molar-refractivity contribution is 6.39. The van der Waals surface area contributed by atoms with Gasteiger partial charge in [-0.1, -0.05) is 53.5 Å². The van der Waals surface area contributed by atoms with Crippen LogP contribution in [0.15, 0.2) is 66.7 Å². The Bertz CT molecular complexity index is 1050. The lowest BCUT2D eigenvalue weighted by Crippen LogP contribution is -2.22. The molecule has 0 saturated heterocycles. The number of para-hydroxylation sites is 1. The Labute approximate surface area is 192 Å². The minimum atomic E-state index is -4.38. The average Bonchev–Trinajstić information content (AvgIpc) is 2.77. The van der Waals surface area contributed by atoms with Crippen LogP contribution in [-0.4, -0.2) is 13.1 Å². The molecular formula is C23H18Cl2F3NO3. The summed E-state index contributed by atoms with van der Waals surface area (Å²) in [6.07, 6.45) is -4.38. The van der Waals surface area contributed by atoms with Gasteiger partial charge in [-0.15, -0.1) is 0 Å². The van der Waals surface area contributed by atoms with Crippen molar-refractivity contribution >= 4 is 34.9 Å². The predicted molar refractivity (Wildman–Crippen MR) is 117 cm³/mol. The summed E-state index contributed by atoms with van der Waals surface area (Å²) < 4.78 is 48.5. The van der Waals surface area contributed by atoms with Crippen LogP contribution in [0.25, 0.3) is 0 Å². The summed E-state index contributed by atoms with van der Waals surface area (Å²) in [4.78, 5) is 12.4. The zero-order valence-electron chi connectivity index (χ0n) is 16.7. The second-order valence-corrected chi connectivity index (χ2v) is 7.56. The predicted octanol–water partition coefficient (Wildman–Crippen LogP) is 6.92. The number of anilines is 1. The molecule has 0 aromatic heterocycles. The van der Waals surface area contributed by atoms with E-state index in [0.29, 0.717) is 32.6 Å². The standard InChI is InChI=1S/C23H18Cl2F3NO3/c1-31-22(30)20(29-21-18(24)3-2-4-19(21)25)15-7-11-17(12-8-15)32-13-14-5-9-16(10-6-14)23(26,27)28/h2-12,20,29H,13H2,1H3. The lowest BCUT2D eigenvalue weighted by atomic mass is 10.1. The van der Waals surface area contributed by atoms with Gasteiger partial charge in [-0.25, -0.2) is 4.79 Å². The summed E-state index contributed by atoms with van der Waals surface area (Å²) in [6, 6.07) is 15.5. The van der Waals surface area contributed by atoms with Gasteiger partial charge in [0.2, 0.25) is 0 Å². The minimum absolute atomic E-state index is 0.0887. The Morgan fingerprint density at radius 1 is 0.969 bits per heavy atom. The summed E-state index contributed by atoms with van der Waals surface area (Å²) in [7, 11) is 1.27. The highest BCUT2D eigenvalue weighted by Crippen LogP contribution is 2.34. The molecular weight excluding hydrogens is 466 g/mol. The molecule has 0 amide bonds. The molecule has 1 unspecified atom stereocenters. The lowest BCUT2D eigenvalue weighted by molar-refractivity contribution is -0.141. The third-order valence-electron chi connectivity index (χ3n) is 4.59.